The van der Waals surface area contributed by atoms with Crippen LogP contribution in [0.4, 0.5) is 5.13 Å². The Balaban J connectivity index is 1.64. The van der Waals surface area contributed by atoms with Gasteiger partial charge in [0.1, 0.15) is 0 Å². The van der Waals surface area contributed by atoms with Crippen molar-refractivity contribution in [3.8, 4) is 0 Å². The predicted molar refractivity (Wildman–Crippen MR) is 109 cm³/mol. The van der Waals surface area contributed by atoms with Crippen molar-refractivity contribution in [2.24, 2.45) is 5.92 Å². The number of carbonyl (C=O) groups is 1. The first-order chi connectivity index (χ1) is 12.3. The summed E-state index contributed by atoms with van der Waals surface area (Å²) in [6, 6.07) is 7.55. The standard InChI is InChI=1S/C19H25N3O2S2/c1-5-26(4,24)14-8-6-13(7-9-14)10-16(23)21-19-22-18-15(25-19)11-20-17(18)12(2)3/h6-9,12,17,20H,4-5,10-11H2,1-3H3,(H,21,22,23)/t17-,26?/m0/s1. The molecule has 2 heterocycles. The zero-order valence-electron chi connectivity index (χ0n) is 15.4. The van der Waals surface area contributed by atoms with Crippen LogP contribution in [0.25, 0.3) is 0 Å². The van der Waals surface area contributed by atoms with E-state index in [9.17, 15) is 9.00 Å². The van der Waals surface area contributed by atoms with Crippen molar-refractivity contribution in [3.63, 3.8) is 0 Å². The molecule has 1 unspecified atom stereocenters. The molecule has 1 aromatic heterocycles. The third-order valence-corrected chi connectivity index (χ3v) is 7.65. The maximum absolute atomic E-state index is 12.3. The van der Waals surface area contributed by atoms with Crippen LogP contribution in [-0.2, 0) is 27.3 Å². The molecule has 2 N–H and O–H groups in total. The minimum atomic E-state index is -2.22. The fourth-order valence-corrected chi connectivity index (χ4v) is 4.95. The molecule has 0 spiro atoms. The number of hydrogen-bond donors (Lipinski definition) is 2. The maximum Gasteiger partial charge on any atom is 0.230 e. The summed E-state index contributed by atoms with van der Waals surface area (Å²) in [7, 11) is -2.22. The van der Waals surface area contributed by atoms with Crippen LogP contribution in [0.5, 0.6) is 0 Å². The summed E-state index contributed by atoms with van der Waals surface area (Å²) in [6.07, 6.45) is 0.265. The van der Waals surface area contributed by atoms with Crippen LogP contribution in [0.1, 0.15) is 42.9 Å². The predicted octanol–water partition coefficient (Wildman–Crippen LogP) is 3.22. The van der Waals surface area contributed by atoms with Crippen LogP contribution in [0, 0.1) is 5.92 Å². The van der Waals surface area contributed by atoms with Gasteiger partial charge in [-0.2, -0.15) is 0 Å². The fourth-order valence-electron chi connectivity index (χ4n) is 3.01. The third-order valence-electron chi connectivity index (χ3n) is 4.60. The first kappa shape index (κ1) is 19.1. The second-order valence-electron chi connectivity index (χ2n) is 6.90. The molecule has 0 aliphatic carbocycles. The van der Waals surface area contributed by atoms with Gasteiger partial charge < -0.3 is 10.6 Å². The van der Waals surface area contributed by atoms with Crippen LogP contribution in [0.2, 0.25) is 0 Å². The average Bonchev–Trinajstić information content (AvgIpc) is 3.14. The third kappa shape index (κ3) is 4.00. The summed E-state index contributed by atoms with van der Waals surface area (Å²) < 4.78 is 12.3. The van der Waals surface area contributed by atoms with Gasteiger partial charge in [-0.3, -0.25) is 9.00 Å². The van der Waals surface area contributed by atoms with Crippen molar-refractivity contribution in [3.05, 3.63) is 40.4 Å². The summed E-state index contributed by atoms with van der Waals surface area (Å²) in [5, 5.41) is 7.02. The van der Waals surface area contributed by atoms with Gasteiger partial charge in [0, 0.05) is 22.1 Å². The number of anilines is 1. The van der Waals surface area contributed by atoms with Crippen molar-refractivity contribution in [1.82, 2.24) is 10.3 Å². The molecule has 26 heavy (non-hydrogen) atoms. The van der Waals surface area contributed by atoms with E-state index < -0.39 is 9.52 Å². The highest BCUT2D eigenvalue weighted by atomic mass is 32.2. The van der Waals surface area contributed by atoms with E-state index in [0.29, 0.717) is 16.8 Å². The molecule has 2 atom stereocenters. The van der Waals surface area contributed by atoms with E-state index in [0.717, 1.165) is 22.7 Å². The second-order valence-corrected chi connectivity index (χ2v) is 10.7. The molecule has 7 heteroatoms. The minimum absolute atomic E-state index is 0.0925. The van der Waals surface area contributed by atoms with Crippen molar-refractivity contribution in [1.29, 1.82) is 0 Å². The molecule has 1 aliphatic heterocycles. The number of rotatable bonds is 6. The molecule has 2 aromatic rings. The number of carbonyl (C=O) groups excluding carboxylic acids is 1. The Bertz CT molecular complexity index is 899. The van der Waals surface area contributed by atoms with Gasteiger partial charge >= 0.3 is 0 Å². The largest absolute Gasteiger partial charge is 0.303 e. The van der Waals surface area contributed by atoms with E-state index in [1.54, 1.807) is 12.1 Å². The number of benzene rings is 1. The summed E-state index contributed by atoms with van der Waals surface area (Å²) in [6.45, 7) is 7.00. The highest BCUT2D eigenvalue weighted by Crippen LogP contribution is 2.35. The fraction of sp³-hybridized carbons (Fsp3) is 0.421. The molecule has 3 rings (SSSR count). The van der Waals surface area contributed by atoms with Gasteiger partial charge in [0.05, 0.1) is 18.2 Å². The number of amides is 1. The molecule has 5 nitrogen and oxygen atoms in total. The number of hydrogen-bond acceptors (Lipinski definition) is 5. The number of aromatic nitrogens is 1. The molecule has 1 amide bonds. The lowest BCUT2D eigenvalue weighted by molar-refractivity contribution is -0.115. The molecule has 0 radical (unpaired) electrons. The van der Waals surface area contributed by atoms with Crippen LogP contribution in [0.15, 0.2) is 29.2 Å². The topological polar surface area (TPSA) is 71.1 Å². The number of fused-ring (bicyclic) bond motifs is 1. The first-order valence-corrected chi connectivity index (χ1v) is 11.5. The highest BCUT2D eigenvalue weighted by molar-refractivity contribution is 8.00. The number of nitrogens with one attached hydrogen (secondary N) is 2. The Morgan fingerprint density at radius 1 is 1.42 bits per heavy atom. The molecule has 0 saturated carbocycles. The molecule has 0 saturated heterocycles. The molecule has 1 aromatic carbocycles. The van der Waals surface area contributed by atoms with Crippen LogP contribution in [0.3, 0.4) is 0 Å². The van der Waals surface area contributed by atoms with Crippen LogP contribution < -0.4 is 10.6 Å². The molecule has 0 bridgehead atoms. The maximum atomic E-state index is 12.3. The smallest absolute Gasteiger partial charge is 0.230 e. The van der Waals surface area contributed by atoms with Gasteiger partial charge in [-0.15, -0.1) is 11.3 Å². The van der Waals surface area contributed by atoms with Gasteiger partial charge in [0.2, 0.25) is 5.91 Å². The van der Waals surface area contributed by atoms with Gasteiger partial charge in [-0.05, 0) is 39.0 Å². The molecule has 0 fully saturated rings. The van der Waals surface area contributed by atoms with Gasteiger partial charge in [0.15, 0.2) is 5.13 Å². The van der Waals surface area contributed by atoms with E-state index in [-0.39, 0.29) is 18.4 Å². The van der Waals surface area contributed by atoms with E-state index >= 15 is 0 Å². The second kappa shape index (κ2) is 7.50. The minimum Gasteiger partial charge on any atom is -0.303 e. The lowest BCUT2D eigenvalue weighted by atomic mass is 10.0. The molecule has 1 aliphatic rings. The zero-order valence-corrected chi connectivity index (χ0v) is 17.0. The normalized spacial score (nSPS) is 18.5. The Labute approximate surface area is 159 Å². The van der Waals surface area contributed by atoms with Crippen LogP contribution >= 0.6 is 11.3 Å². The Morgan fingerprint density at radius 3 is 2.73 bits per heavy atom. The molecule has 140 valence electrons. The van der Waals surface area contributed by atoms with E-state index in [1.165, 1.54) is 16.2 Å². The van der Waals surface area contributed by atoms with Gasteiger partial charge in [0.25, 0.3) is 0 Å². The number of thiazole rings is 1. The highest BCUT2D eigenvalue weighted by Gasteiger charge is 2.29. The van der Waals surface area contributed by atoms with E-state index in [4.69, 9.17) is 0 Å². The summed E-state index contributed by atoms with van der Waals surface area (Å²) >= 11 is 1.54. The Kier molecular flexibility index (Phi) is 5.50. The summed E-state index contributed by atoms with van der Waals surface area (Å²) in [5.74, 6) is 4.66. The lowest BCUT2D eigenvalue weighted by Crippen LogP contribution is -2.19. The van der Waals surface area contributed by atoms with Crippen LogP contribution in [-0.4, -0.2) is 26.7 Å². The van der Waals surface area contributed by atoms with Gasteiger partial charge in [-0.1, -0.05) is 32.9 Å². The molecular weight excluding hydrogens is 366 g/mol. The van der Waals surface area contributed by atoms with E-state index in [2.05, 4.69) is 35.3 Å². The molecular formula is C19H25N3O2S2. The first-order valence-electron chi connectivity index (χ1n) is 8.77. The number of nitrogens with zero attached hydrogens (tertiary/aromatic N) is 1. The van der Waals surface area contributed by atoms with Crippen molar-refractivity contribution < 1.29 is 9.00 Å². The summed E-state index contributed by atoms with van der Waals surface area (Å²) in [5.41, 5.74) is 1.94. The quantitative estimate of drug-likeness (QED) is 0.742. The Hall–Kier alpha value is -1.70. The monoisotopic (exact) mass is 391 g/mol. The Morgan fingerprint density at radius 2 is 2.12 bits per heavy atom. The SMILES string of the molecule is C=S(=O)(CC)c1ccc(CC(=O)Nc2nc3c(s2)CN[C@H]3C(C)C)cc1. The van der Waals surface area contributed by atoms with E-state index in [1.807, 2.05) is 19.1 Å². The average molecular weight is 392 g/mol. The van der Waals surface area contributed by atoms with Crippen molar-refractivity contribution in [2.75, 3.05) is 11.1 Å². The zero-order chi connectivity index (χ0) is 18.9. The lowest BCUT2D eigenvalue weighted by Gasteiger charge is -2.14. The van der Waals surface area contributed by atoms with Crippen molar-refractivity contribution in [2.45, 2.75) is 44.7 Å². The van der Waals surface area contributed by atoms with Crippen molar-refractivity contribution >= 4 is 37.8 Å². The van der Waals surface area contributed by atoms with Gasteiger partial charge in [-0.25, -0.2) is 4.98 Å². The summed E-state index contributed by atoms with van der Waals surface area (Å²) in [4.78, 5) is 18.9.